The predicted molar refractivity (Wildman–Crippen MR) is 44.8 cm³/mol. The molecule has 0 unspecified atom stereocenters. The van der Waals surface area contributed by atoms with E-state index in [1.165, 1.54) is 0 Å². The topological polar surface area (TPSA) is 32.0 Å². The molecular formula is C9H13NO3. The third kappa shape index (κ3) is 1.24. The molecule has 4 heteroatoms. The molecule has 0 aliphatic carbocycles. The van der Waals surface area contributed by atoms with Crippen LogP contribution in [0.4, 0.5) is 0 Å². The lowest BCUT2D eigenvalue weighted by molar-refractivity contribution is -0.467. The summed E-state index contributed by atoms with van der Waals surface area (Å²) in [6, 6.07) is -0.405. The van der Waals surface area contributed by atoms with E-state index in [0.29, 0.717) is 19.8 Å². The van der Waals surface area contributed by atoms with E-state index in [-0.39, 0.29) is 5.41 Å². The van der Waals surface area contributed by atoms with Gasteiger partial charge in [0.05, 0.1) is 19.8 Å². The molecule has 3 heterocycles. The largest absolute Gasteiger partial charge is 0.362 e. The number of nitrogens with zero attached hydrogens (tertiary/aromatic N) is 1. The van der Waals surface area contributed by atoms with Gasteiger partial charge in [-0.3, -0.25) is 0 Å². The molecule has 0 N–H and O–H groups in total. The lowest BCUT2D eigenvalue weighted by Gasteiger charge is -2.49. The maximum Gasteiger partial charge on any atom is 0.362 e. The van der Waals surface area contributed by atoms with E-state index in [2.05, 4.69) is 11.8 Å². The second-order valence-electron chi connectivity index (χ2n) is 4.09. The van der Waals surface area contributed by atoms with Crippen LogP contribution in [-0.4, -0.2) is 31.8 Å². The molecule has 0 spiro atoms. The fraction of sp³-hybridized carbons (Fsp3) is 0.889. The molecule has 3 saturated heterocycles. The van der Waals surface area contributed by atoms with Gasteiger partial charge in [0.1, 0.15) is 0 Å². The highest BCUT2D eigenvalue weighted by atomic mass is 16.9. The number of hydrogen-bond donors (Lipinski definition) is 0. The minimum atomic E-state index is -1.08. The van der Waals surface area contributed by atoms with Crippen LogP contribution in [-0.2, 0) is 14.2 Å². The number of fused-ring (bicyclic) bond motifs is 3. The quantitative estimate of drug-likeness (QED) is 0.569. The molecule has 13 heavy (non-hydrogen) atoms. The van der Waals surface area contributed by atoms with Crippen molar-refractivity contribution in [2.45, 2.75) is 25.9 Å². The van der Waals surface area contributed by atoms with Gasteiger partial charge < -0.3 is 19.1 Å². The van der Waals surface area contributed by atoms with E-state index in [1.807, 2.05) is 0 Å². The summed E-state index contributed by atoms with van der Waals surface area (Å²) in [6.07, 6.45) is 0. The molecule has 3 aliphatic heterocycles. The summed E-state index contributed by atoms with van der Waals surface area (Å²) in [5, 5.41) is 0. The van der Waals surface area contributed by atoms with Gasteiger partial charge in [0, 0.05) is 12.3 Å². The number of ether oxygens (including phenoxy) is 3. The van der Waals surface area contributed by atoms with E-state index >= 15 is 0 Å². The number of rotatable bonds is 1. The van der Waals surface area contributed by atoms with Gasteiger partial charge in [0.2, 0.25) is 0 Å². The highest BCUT2D eigenvalue weighted by molar-refractivity contribution is 4.93. The molecule has 0 radical (unpaired) electrons. The van der Waals surface area contributed by atoms with Crippen LogP contribution in [0.2, 0.25) is 0 Å². The van der Waals surface area contributed by atoms with E-state index in [4.69, 9.17) is 20.8 Å². The Hall–Kier alpha value is -0.630. The second kappa shape index (κ2) is 2.68. The zero-order chi connectivity index (χ0) is 9.53. The molecule has 3 aliphatic rings. The third-order valence-electron chi connectivity index (χ3n) is 2.57. The molecule has 2 bridgehead atoms. The summed E-state index contributed by atoms with van der Waals surface area (Å²) in [5.41, 5.74) is -0.0243. The van der Waals surface area contributed by atoms with Crippen molar-refractivity contribution >= 4 is 0 Å². The normalized spacial score (nSPS) is 45.6. The maximum absolute atomic E-state index is 6.92. The van der Waals surface area contributed by atoms with Gasteiger partial charge in [-0.2, -0.15) is 0 Å². The molecule has 3 fully saturated rings. The van der Waals surface area contributed by atoms with E-state index in [9.17, 15) is 0 Å². The highest BCUT2D eigenvalue weighted by Crippen LogP contribution is 2.40. The zero-order valence-corrected chi connectivity index (χ0v) is 7.87. The molecule has 0 saturated carbocycles. The molecule has 0 aromatic rings. The Morgan fingerprint density at radius 3 is 2.08 bits per heavy atom. The van der Waals surface area contributed by atoms with Crippen molar-refractivity contribution in [2.24, 2.45) is 5.41 Å². The van der Waals surface area contributed by atoms with Gasteiger partial charge in [0.25, 0.3) is 0 Å². The predicted octanol–water partition coefficient (Wildman–Crippen LogP) is 1.03. The van der Waals surface area contributed by atoms with Crippen LogP contribution in [0.3, 0.4) is 0 Å². The third-order valence-corrected chi connectivity index (χ3v) is 2.57. The van der Waals surface area contributed by atoms with Crippen molar-refractivity contribution in [1.29, 1.82) is 0 Å². The van der Waals surface area contributed by atoms with Gasteiger partial charge in [0.15, 0.2) is 0 Å². The Labute approximate surface area is 77.6 Å². The fourth-order valence-electron chi connectivity index (χ4n) is 1.52. The van der Waals surface area contributed by atoms with E-state index in [1.54, 1.807) is 6.92 Å². The van der Waals surface area contributed by atoms with Crippen LogP contribution in [0, 0.1) is 12.0 Å². The highest BCUT2D eigenvalue weighted by Gasteiger charge is 2.57. The SMILES string of the molecule is [C-]#[N+][C@@H](C)C12OCC(C)(CO1)CO2. The second-order valence-corrected chi connectivity index (χ2v) is 4.09. The molecule has 1 atom stereocenters. The standard InChI is InChI=1S/C9H13NO3/c1-7(10-3)9-11-4-8(2,5-12-9)6-13-9/h7H,4-6H2,1-2H3/t7-,8?,9?/m0/s1. The minimum Gasteiger partial charge on any atom is -0.320 e. The van der Waals surface area contributed by atoms with Gasteiger partial charge in [-0.1, -0.05) is 6.92 Å². The lowest BCUT2D eigenvalue weighted by Crippen LogP contribution is -2.62. The van der Waals surface area contributed by atoms with E-state index in [0.717, 1.165) is 0 Å². The summed E-state index contributed by atoms with van der Waals surface area (Å²) in [5.74, 6) is -1.08. The molecular weight excluding hydrogens is 170 g/mol. The molecule has 72 valence electrons. The first-order valence-electron chi connectivity index (χ1n) is 4.39. The minimum absolute atomic E-state index is 0.0243. The van der Waals surface area contributed by atoms with Crippen molar-refractivity contribution < 1.29 is 14.2 Å². The number of hydrogen-bond acceptors (Lipinski definition) is 3. The average Bonchev–Trinajstić information content (AvgIpc) is 2.18. The van der Waals surface area contributed by atoms with Crippen molar-refractivity contribution in [3.05, 3.63) is 11.4 Å². The lowest BCUT2D eigenvalue weighted by atomic mass is 9.91. The maximum atomic E-state index is 6.92. The van der Waals surface area contributed by atoms with Crippen LogP contribution < -0.4 is 0 Å². The summed E-state index contributed by atoms with van der Waals surface area (Å²) >= 11 is 0. The Balaban J connectivity index is 2.16. The van der Waals surface area contributed by atoms with Crippen molar-refractivity contribution in [3.63, 3.8) is 0 Å². The smallest absolute Gasteiger partial charge is 0.320 e. The zero-order valence-electron chi connectivity index (χ0n) is 7.87. The first-order chi connectivity index (χ1) is 6.10. The Bertz CT molecular complexity index is 234. The Morgan fingerprint density at radius 1 is 1.23 bits per heavy atom. The van der Waals surface area contributed by atoms with Gasteiger partial charge >= 0.3 is 12.0 Å². The van der Waals surface area contributed by atoms with Crippen molar-refractivity contribution in [1.82, 2.24) is 0 Å². The van der Waals surface area contributed by atoms with Crippen LogP contribution in [0.5, 0.6) is 0 Å². The molecule has 0 aromatic heterocycles. The molecule has 0 aromatic carbocycles. The Kier molecular flexibility index (Phi) is 1.84. The van der Waals surface area contributed by atoms with Crippen LogP contribution >= 0.6 is 0 Å². The van der Waals surface area contributed by atoms with Crippen LogP contribution in [0.15, 0.2) is 0 Å². The van der Waals surface area contributed by atoms with Crippen LogP contribution in [0.25, 0.3) is 4.85 Å². The van der Waals surface area contributed by atoms with Gasteiger partial charge in [-0.15, -0.1) is 0 Å². The summed E-state index contributed by atoms with van der Waals surface area (Å²) < 4.78 is 16.4. The summed E-state index contributed by atoms with van der Waals surface area (Å²) in [4.78, 5) is 3.38. The Morgan fingerprint density at radius 2 is 1.69 bits per heavy atom. The van der Waals surface area contributed by atoms with Crippen LogP contribution in [0.1, 0.15) is 13.8 Å². The molecule has 3 rings (SSSR count). The average molecular weight is 183 g/mol. The summed E-state index contributed by atoms with van der Waals surface area (Å²) in [7, 11) is 0. The molecule has 0 amide bonds. The van der Waals surface area contributed by atoms with Crippen molar-refractivity contribution in [2.75, 3.05) is 19.8 Å². The van der Waals surface area contributed by atoms with Gasteiger partial charge in [-0.05, 0) is 0 Å². The first kappa shape index (κ1) is 8.95. The summed E-state index contributed by atoms with van der Waals surface area (Å²) in [6.45, 7) is 12.6. The fourth-order valence-corrected chi connectivity index (χ4v) is 1.52. The first-order valence-corrected chi connectivity index (χ1v) is 4.39. The monoisotopic (exact) mass is 183 g/mol. The molecule has 4 nitrogen and oxygen atoms in total. The van der Waals surface area contributed by atoms with Gasteiger partial charge in [-0.25, -0.2) is 6.57 Å². The van der Waals surface area contributed by atoms with E-state index < -0.39 is 12.0 Å². The van der Waals surface area contributed by atoms with Crippen molar-refractivity contribution in [3.8, 4) is 0 Å².